The molecule has 2 aromatic carbocycles. The normalized spacial score (nSPS) is 10.6. The lowest BCUT2D eigenvalue weighted by molar-refractivity contribution is -0.136. The van der Waals surface area contributed by atoms with Crippen molar-refractivity contribution in [3.8, 4) is 5.75 Å². The van der Waals surface area contributed by atoms with E-state index < -0.39 is 11.8 Å². The van der Waals surface area contributed by atoms with Crippen molar-refractivity contribution in [2.75, 3.05) is 12.4 Å². The number of nitrogens with zero attached hydrogens (tertiary/aromatic N) is 1. The van der Waals surface area contributed by atoms with Gasteiger partial charge in [0.05, 0.1) is 23.4 Å². The van der Waals surface area contributed by atoms with Crippen LogP contribution in [0, 0.1) is 0 Å². The molecular formula is C16H12BrCl2N3O3. The van der Waals surface area contributed by atoms with Crippen LogP contribution in [0.4, 0.5) is 5.69 Å². The maximum Gasteiger partial charge on any atom is 0.329 e. The summed E-state index contributed by atoms with van der Waals surface area (Å²) in [7, 11) is 1.54. The number of anilines is 1. The number of methoxy groups -OCH3 is 1. The highest BCUT2D eigenvalue weighted by Crippen LogP contribution is 2.25. The Kier molecular flexibility index (Phi) is 6.81. The van der Waals surface area contributed by atoms with Gasteiger partial charge in [0, 0.05) is 15.7 Å². The topological polar surface area (TPSA) is 79.8 Å². The van der Waals surface area contributed by atoms with Crippen LogP contribution in [-0.2, 0) is 9.59 Å². The van der Waals surface area contributed by atoms with Crippen LogP contribution in [0.3, 0.4) is 0 Å². The third kappa shape index (κ3) is 5.45. The fraction of sp³-hybridized carbons (Fsp3) is 0.0625. The molecule has 0 radical (unpaired) electrons. The van der Waals surface area contributed by atoms with Crippen molar-refractivity contribution in [1.82, 2.24) is 5.43 Å². The van der Waals surface area contributed by atoms with Gasteiger partial charge in [0.1, 0.15) is 5.75 Å². The molecule has 0 atom stereocenters. The van der Waals surface area contributed by atoms with Crippen molar-refractivity contribution >= 4 is 62.8 Å². The number of hydrogen-bond acceptors (Lipinski definition) is 4. The van der Waals surface area contributed by atoms with Gasteiger partial charge in [0.2, 0.25) is 0 Å². The molecule has 2 rings (SSSR count). The van der Waals surface area contributed by atoms with Gasteiger partial charge in [-0.1, -0.05) is 39.1 Å². The maximum atomic E-state index is 11.8. The molecule has 0 aromatic heterocycles. The number of benzene rings is 2. The average Bonchev–Trinajstić information content (AvgIpc) is 2.59. The molecule has 2 N–H and O–H groups in total. The minimum atomic E-state index is -0.929. The summed E-state index contributed by atoms with van der Waals surface area (Å²) in [6.45, 7) is 0. The minimum Gasteiger partial charge on any atom is -0.497 e. The van der Waals surface area contributed by atoms with Crippen molar-refractivity contribution in [1.29, 1.82) is 0 Å². The lowest BCUT2D eigenvalue weighted by Crippen LogP contribution is -2.32. The fourth-order valence-corrected chi connectivity index (χ4v) is 2.37. The summed E-state index contributed by atoms with van der Waals surface area (Å²) >= 11 is 15.0. The zero-order chi connectivity index (χ0) is 18.4. The van der Waals surface area contributed by atoms with Crippen molar-refractivity contribution in [3.05, 3.63) is 56.5 Å². The number of ether oxygens (including phenoxy) is 1. The molecule has 130 valence electrons. The number of amides is 2. The number of hydrazone groups is 1. The van der Waals surface area contributed by atoms with Crippen molar-refractivity contribution in [2.45, 2.75) is 0 Å². The van der Waals surface area contributed by atoms with E-state index in [4.69, 9.17) is 27.9 Å². The molecule has 2 amide bonds. The van der Waals surface area contributed by atoms with Crippen LogP contribution >= 0.6 is 39.1 Å². The molecule has 0 aliphatic rings. The van der Waals surface area contributed by atoms with Gasteiger partial charge in [-0.3, -0.25) is 9.59 Å². The molecule has 0 aliphatic carbocycles. The van der Waals surface area contributed by atoms with Crippen molar-refractivity contribution in [2.24, 2.45) is 5.10 Å². The van der Waals surface area contributed by atoms with Crippen molar-refractivity contribution in [3.63, 3.8) is 0 Å². The first-order valence-corrected chi connectivity index (χ1v) is 8.38. The van der Waals surface area contributed by atoms with Gasteiger partial charge in [-0.2, -0.15) is 5.10 Å². The smallest absolute Gasteiger partial charge is 0.329 e. The van der Waals surface area contributed by atoms with Crippen LogP contribution in [0.5, 0.6) is 5.75 Å². The zero-order valence-corrected chi connectivity index (χ0v) is 15.9. The first kappa shape index (κ1) is 19.2. The monoisotopic (exact) mass is 443 g/mol. The number of halogens is 3. The molecule has 0 saturated carbocycles. The molecule has 0 heterocycles. The molecule has 6 nitrogen and oxygen atoms in total. The molecule has 0 unspecified atom stereocenters. The van der Waals surface area contributed by atoms with Crippen LogP contribution in [0.2, 0.25) is 10.0 Å². The molecule has 2 aromatic rings. The molecule has 9 heteroatoms. The van der Waals surface area contributed by atoms with Crippen LogP contribution < -0.4 is 15.5 Å². The van der Waals surface area contributed by atoms with Gasteiger partial charge in [-0.05, 0) is 36.4 Å². The van der Waals surface area contributed by atoms with E-state index in [1.807, 2.05) is 0 Å². The van der Waals surface area contributed by atoms with E-state index in [0.717, 1.165) is 4.47 Å². The first-order chi connectivity index (χ1) is 11.9. The first-order valence-electron chi connectivity index (χ1n) is 6.83. The van der Waals surface area contributed by atoms with Gasteiger partial charge in [-0.15, -0.1) is 0 Å². The molecule has 0 bridgehead atoms. The second-order valence-electron chi connectivity index (χ2n) is 4.67. The summed E-state index contributed by atoms with van der Waals surface area (Å²) in [5, 5.41) is 6.75. The Labute approximate surface area is 162 Å². The summed E-state index contributed by atoms with van der Waals surface area (Å²) in [4.78, 5) is 23.6. The van der Waals surface area contributed by atoms with Gasteiger partial charge in [0.25, 0.3) is 0 Å². The van der Waals surface area contributed by atoms with E-state index in [9.17, 15) is 9.59 Å². The molecule has 0 saturated heterocycles. The predicted molar refractivity (Wildman–Crippen MR) is 102 cm³/mol. The molecular weight excluding hydrogens is 433 g/mol. The minimum absolute atomic E-state index is 0.265. The highest BCUT2D eigenvalue weighted by molar-refractivity contribution is 9.10. The fourth-order valence-electron chi connectivity index (χ4n) is 1.72. The molecule has 0 aliphatic heterocycles. The molecule has 0 fully saturated rings. The number of rotatable bonds is 4. The predicted octanol–water partition coefficient (Wildman–Crippen LogP) is 3.85. The zero-order valence-electron chi connectivity index (χ0n) is 12.8. The number of hydrogen-bond donors (Lipinski definition) is 2. The van der Waals surface area contributed by atoms with Crippen LogP contribution in [-0.4, -0.2) is 25.1 Å². The summed E-state index contributed by atoms with van der Waals surface area (Å²) in [6.07, 6.45) is 1.39. The van der Waals surface area contributed by atoms with Gasteiger partial charge in [-0.25, -0.2) is 5.43 Å². The summed E-state index contributed by atoms with van der Waals surface area (Å²) in [6, 6.07) is 9.73. The second-order valence-corrected chi connectivity index (χ2v) is 6.34. The quantitative estimate of drug-likeness (QED) is 0.427. The number of nitrogens with one attached hydrogen (secondary N) is 2. The SMILES string of the molecule is COc1ccc(Br)c(/C=N\NC(=O)C(=O)Nc2ccc(Cl)c(Cl)c2)c1. The lowest BCUT2D eigenvalue weighted by Gasteiger charge is -2.05. The van der Waals surface area contributed by atoms with E-state index in [-0.39, 0.29) is 5.02 Å². The van der Waals surface area contributed by atoms with E-state index >= 15 is 0 Å². The third-order valence-electron chi connectivity index (χ3n) is 2.96. The van der Waals surface area contributed by atoms with Crippen LogP contribution in [0.15, 0.2) is 46.0 Å². The summed E-state index contributed by atoms with van der Waals surface area (Å²) in [5.41, 5.74) is 3.15. The van der Waals surface area contributed by atoms with Crippen LogP contribution in [0.25, 0.3) is 0 Å². The Morgan fingerprint density at radius 2 is 1.88 bits per heavy atom. The van der Waals surface area contributed by atoms with E-state index in [2.05, 4.69) is 31.8 Å². The van der Waals surface area contributed by atoms with Crippen LogP contribution in [0.1, 0.15) is 5.56 Å². The highest BCUT2D eigenvalue weighted by Gasteiger charge is 2.13. The van der Waals surface area contributed by atoms with E-state index in [1.54, 1.807) is 25.3 Å². The van der Waals surface area contributed by atoms with E-state index in [1.165, 1.54) is 24.4 Å². The Balaban J connectivity index is 1.97. The highest BCUT2D eigenvalue weighted by atomic mass is 79.9. The van der Waals surface area contributed by atoms with Gasteiger partial charge in [0.15, 0.2) is 0 Å². The Morgan fingerprint density at radius 1 is 1.12 bits per heavy atom. The molecule has 25 heavy (non-hydrogen) atoms. The van der Waals surface area contributed by atoms with E-state index in [0.29, 0.717) is 22.0 Å². The summed E-state index contributed by atoms with van der Waals surface area (Å²) in [5.74, 6) is -1.19. The Hall–Kier alpha value is -2.09. The maximum absolute atomic E-state index is 11.8. The largest absolute Gasteiger partial charge is 0.497 e. The van der Waals surface area contributed by atoms with Crippen molar-refractivity contribution < 1.29 is 14.3 Å². The lowest BCUT2D eigenvalue weighted by atomic mass is 10.2. The number of carbonyl (C=O) groups is 2. The Bertz CT molecular complexity index is 843. The number of carbonyl (C=O) groups excluding carboxylic acids is 2. The second kappa shape index (κ2) is 8.84. The Morgan fingerprint density at radius 3 is 2.56 bits per heavy atom. The standard InChI is InChI=1S/C16H12BrCl2N3O3/c1-25-11-3-4-12(17)9(6-11)8-20-22-16(24)15(23)21-10-2-5-13(18)14(19)7-10/h2-8H,1H3,(H,21,23)(H,22,24)/b20-8-. The van der Waals surface area contributed by atoms with Gasteiger partial charge >= 0.3 is 11.8 Å². The molecule has 0 spiro atoms. The average molecular weight is 445 g/mol. The summed E-state index contributed by atoms with van der Waals surface area (Å²) < 4.78 is 5.86. The third-order valence-corrected chi connectivity index (χ3v) is 4.42. The van der Waals surface area contributed by atoms with Gasteiger partial charge < -0.3 is 10.1 Å².